The number of fused-ring (bicyclic) bond motifs is 1. The topological polar surface area (TPSA) is 113 Å². The second-order valence-electron chi connectivity index (χ2n) is 12.6. The Morgan fingerprint density at radius 2 is 1.84 bits per heavy atom. The first-order valence-corrected chi connectivity index (χ1v) is 16.3. The first kappa shape index (κ1) is 33.9. The molecule has 10 nitrogen and oxygen atoms in total. The monoisotopic (exact) mass is 612 g/mol. The number of nitrogens with one attached hydrogen (secondary N) is 2. The van der Waals surface area contributed by atoms with Crippen molar-refractivity contribution < 1.29 is 28.7 Å². The molecule has 0 saturated carbocycles. The molecule has 2 aliphatic rings. The fraction of sp³-hybridized carbons (Fsp3) is 0.676. The van der Waals surface area contributed by atoms with Gasteiger partial charge in [0.05, 0.1) is 37.2 Å². The molecule has 2 saturated heterocycles. The van der Waals surface area contributed by atoms with Crippen molar-refractivity contribution in [2.24, 2.45) is 17.8 Å². The molecule has 0 bridgehead atoms. The van der Waals surface area contributed by atoms with E-state index in [0.29, 0.717) is 38.5 Å². The van der Waals surface area contributed by atoms with E-state index in [1.807, 2.05) is 42.3 Å². The van der Waals surface area contributed by atoms with Crippen LogP contribution in [-0.4, -0.2) is 90.9 Å². The fourth-order valence-corrected chi connectivity index (χ4v) is 6.77. The molecule has 0 radical (unpaired) electrons. The van der Waals surface area contributed by atoms with Crippen LogP contribution in [0.3, 0.4) is 0 Å². The van der Waals surface area contributed by atoms with Crippen LogP contribution in [0.1, 0.15) is 71.8 Å². The zero-order chi connectivity index (χ0) is 31.8. The molecule has 0 aliphatic carbocycles. The van der Waals surface area contributed by atoms with Gasteiger partial charge in [0.1, 0.15) is 6.04 Å². The van der Waals surface area contributed by atoms with Gasteiger partial charge in [0, 0.05) is 50.8 Å². The molecule has 10 heteroatoms. The predicted octanol–water partition coefficient (Wildman–Crippen LogP) is 4.48. The third-order valence-corrected chi connectivity index (χ3v) is 9.95. The lowest BCUT2D eigenvalue weighted by Crippen LogP contribution is -2.55. The maximum atomic E-state index is 13.9. The number of methoxy groups -OCH3 is 2. The summed E-state index contributed by atoms with van der Waals surface area (Å²) in [5, 5.41) is 5.45. The molecule has 2 N–H and O–H groups in total. The van der Waals surface area contributed by atoms with Crippen LogP contribution in [0.4, 0.5) is 0 Å². The van der Waals surface area contributed by atoms with Gasteiger partial charge in [-0.15, -0.1) is 0 Å². The van der Waals surface area contributed by atoms with Gasteiger partial charge < -0.3 is 24.7 Å². The maximum absolute atomic E-state index is 13.9. The number of hydroxylamine groups is 2. The van der Waals surface area contributed by atoms with E-state index in [2.05, 4.69) is 31.1 Å². The third kappa shape index (κ3) is 7.82. The predicted molar refractivity (Wildman–Crippen MR) is 170 cm³/mol. The second kappa shape index (κ2) is 15.9. The van der Waals surface area contributed by atoms with Gasteiger partial charge in [-0.3, -0.25) is 19.2 Å². The highest BCUT2D eigenvalue weighted by atomic mass is 16.7. The molecule has 1 aromatic heterocycles. The van der Waals surface area contributed by atoms with E-state index >= 15 is 0 Å². The van der Waals surface area contributed by atoms with Crippen LogP contribution in [0.2, 0.25) is 0 Å². The Hall–Kier alpha value is -2.95. The molecule has 4 rings (SSSR count). The summed E-state index contributed by atoms with van der Waals surface area (Å²) in [7, 11) is 3.26. The van der Waals surface area contributed by atoms with E-state index in [-0.39, 0.29) is 35.8 Å². The summed E-state index contributed by atoms with van der Waals surface area (Å²) in [4.78, 5) is 52.0. The van der Waals surface area contributed by atoms with Gasteiger partial charge in [-0.2, -0.15) is 0 Å². The summed E-state index contributed by atoms with van der Waals surface area (Å²) in [6, 6.07) is 6.86. The summed E-state index contributed by atoms with van der Waals surface area (Å²) in [6.45, 7) is 9.90. The highest BCUT2D eigenvalue weighted by molar-refractivity contribution is 5.90. The summed E-state index contributed by atoms with van der Waals surface area (Å²) in [6.07, 6.45) is 6.18. The summed E-state index contributed by atoms with van der Waals surface area (Å²) >= 11 is 0. The number of hydrogen-bond acceptors (Lipinski definition) is 6. The van der Waals surface area contributed by atoms with E-state index in [4.69, 9.17) is 14.3 Å². The van der Waals surface area contributed by atoms with Crippen LogP contribution in [0.5, 0.6) is 0 Å². The Morgan fingerprint density at radius 1 is 1.07 bits per heavy atom. The highest BCUT2D eigenvalue weighted by Gasteiger charge is 2.41. The van der Waals surface area contributed by atoms with Crippen molar-refractivity contribution >= 4 is 28.6 Å². The van der Waals surface area contributed by atoms with Crippen molar-refractivity contribution in [2.45, 2.75) is 96.9 Å². The Bertz CT molecular complexity index is 1240. The van der Waals surface area contributed by atoms with Gasteiger partial charge >= 0.3 is 0 Å². The normalized spacial score (nSPS) is 21.5. The molecule has 1 aromatic carbocycles. The van der Waals surface area contributed by atoms with E-state index in [0.717, 1.165) is 48.6 Å². The van der Waals surface area contributed by atoms with Gasteiger partial charge in [-0.05, 0) is 49.1 Å². The van der Waals surface area contributed by atoms with Crippen molar-refractivity contribution in [3.8, 4) is 0 Å². The Balaban J connectivity index is 1.48. The molecule has 3 amide bonds. The van der Waals surface area contributed by atoms with Crippen molar-refractivity contribution in [2.75, 3.05) is 33.9 Å². The number of para-hydroxylation sites is 1. The first-order valence-electron chi connectivity index (χ1n) is 16.3. The molecule has 2 aliphatic heterocycles. The fourth-order valence-electron chi connectivity index (χ4n) is 6.77. The minimum atomic E-state index is -0.814. The standard InChI is InChI=1S/C34H52N4O6/c1-7-22(2)23(3)30(42-5)20-31(39)37-16-12-15-29(37)32(43-6)24(4)33(40)36-28(34(41)38-17-10-11-18-44-38)19-25-21-35-27-14-9-8-13-26(25)27/h8-9,13-14,21-24,28-30,32,35H,7,10-12,15-20H2,1-6H3,(H,36,40)/t22-,23?,24?,28-,29?,30?,32?/m0/s1. The number of amides is 3. The lowest BCUT2D eigenvalue weighted by atomic mass is 9.87. The molecule has 0 spiro atoms. The number of carbonyl (C=O) groups excluding carboxylic acids is 3. The van der Waals surface area contributed by atoms with Crippen LogP contribution < -0.4 is 5.32 Å². The molecule has 7 atom stereocenters. The van der Waals surface area contributed by atoms with E-state index < -0.39 is 18.1 Å². The van der Waals surface area contributed by atoms with E-state index in [1.165, 1.54) is 5.06 Å². The van der Waals surface area contributed by atoms with E-state index in [9.17, 15) is 14.4 Å². The average Bonchev–Trinajstić information content (AvgIpc) is 3.70. The molecule has 44 heavy (non-hydrogen) atoms. The van der Waals surface area contributed by atoms with Crippen molar-refractivity contribution in [3.63, 3.8) is 0 Å². The Morgan fingerprint density at radius 3 is 2.52 bits per heavy atom. The molecule has 3 heterocycles. The van der Waals surface area contributed by atoms with Crippen LogP contribution in [0, 0.1) is 17.8 Å². The van der Waals surface area contributed by atoms with Gasteiger partial charge in [-0.25, -0.2) is 5.06 Å². The molecular weight excluding hydrogens is 560 g/mol. The lowest BCUT2D eigenvalue weighted by Gasteiger charge is -2.36. The number of nitrogens with zero attached hydrogens (tertiary/aromatic N) is 2. The summed E-state index contributed by atoms with van der Waals surface area (Å²) in [5.74, 6) is -0.439. The second-order valence-corrected chi connectivity index (χ2v) is 12.6. The zero-order valence-corrected chi connectivity index (χ0v) is 27.3. The van der Waals surface area contributed by atoms with Crippen LogP contribution in [0.25, 0.3) is 10.9 Å². The number of aromatic nitrogens is 1. The summed E-state index contributed by atoms with van der Waals surface area (Å²) < 4.78 is 11.7. The van der Waals surface area contributed by atoms with Crippen LogP contribution >= 0.6 is 0 Å². The molecule has 5 unspecified atom stereocenters. The zero-order valence-electron chi connectivity index (χ0n) is 27.3. The molecule has 244 valence electrons. The number of rotatable bonds is 14. The third-order valence-electron chi connectivity index (χ3n) is 9.95. The average molecular weight is 613 g/mol. The first-order chi connectivity index (χ1) is 21.2. The largest absolute Gasteiger partial charge is 0.381 e. The van der Waals surface area contributed by atoms with Crippen LogP contribution in [0.15, 0.2) is 30.5 Å². The summed E-state index contributed by atoms with van der Waals surface area (Å²) in [5.41, 5.74) is 1.92. The molecule has 2 aromatic rings. The van der Waals surface area contributed by atoms with Gasteiger partial charge in [0.15, 0.2) is 0 Å². The quantitative estimate of drug-likeness (QED) is 0.325. The molecule has 2 fully saturated rings. The van der Waals surface area contributed by atoms with Gasteiger partial charge in [0.25, 0.3) is 5.91 Å². The van der Waals surface area contributed by atoms with Gasteiger partial charge in [-0.1, -0.05) is 52.3 Å². The number of carbonyl (C=O) groups is 3. The number of H-pyrrole nitrogens is 1. The Labute approximate surface area is 262 Å². The highest BCUT2D eigenvalue weighted by Crippen LogP contribution is 2.30. The Kier molecular flexibility index (Phi) is 12.2. The minimum absolute atomic E-state index is 0.0267. The SMILES string of the molecule is CC[C@H](C)C(C)C(CC(=O)N1CCCC1C(OC)C(C)C(=O)N[C@@H](Cc1c[nH]c2ccccc12)C(=O)N1CCCCO1)OC. The lowest BCUT2D eigenvalue weighted by molar-refractivity contribution is -0.199. The number of hydrogen-bond donors (Lipinski definition) is 2. The maximum Gasteiger partial charge on any atom is 0.269 e. The van der Waals surface area contributed by atoms with Crippen molar-refractivity contribution in [1.29, 1.82) is 0 Å². The number of aromatic amines is 1. The smallest absolute Gasteiger partial charge is 0.269 e. The number of likely N-dealkylation sites (tertiary alicyclic amines) is 1. The van der Waals surface area contributed by atoms with Crippen LogP contribution in [-0.2, 0) is 35.1 Å². The molecular formula is C34H52N4O6. The van der Waals surface area contributed by atoms with E-state index in [1.54, 1.807) is 14.2 Å². The number of benzene rings is 1. The van der Waals surface area contributed by atoms with Crippen molar-refractivity contribution in [1.82, 2.24) is 20.3 Å². The number of ether oxygens (including phenoxy) is 2. The minimum Gasteiger partial charge on any atom is -0.381 e. The van der Waals surface area contributed by atoms with Gasteiger partial charge in [0.2, 0.25) is 11.8 Å². The van der Waals surface area contributed by atoms with Crippen molar-refractivity contribution in [3.05, 3.63) is 36.0 Å².